The van der Waals surface area contributed by atoms with Gasteiger partial charge in [-0.2, -0.15) is 13.2 Å². The highest BCUT2D eigenvalue weighted by molar-refractivity contribution is 5.82. The van der Waals surface area contributed by atoms with Gasteiger partial charge in [-0.3, -0.25) is 4.79 Å². The molecule has 17 heavy (non-hydrogen) atoms. The Balaban J connectivity index is 1.81. The van der Waals surface area contributed by atoms with Crippen LogP contribution >= 0.6 is 0 Å². The van der Waals surface area contributed by atoms with E-state index in [-0.39, 0.29) is 0 Å². The van der Waals surface area contributed by atoms with E-state index in [1.165, 1.54) is 6.42 Å². The molecule has 2 N–H and O–H groups in total. The average Bonchev–Trinajstić information content (AvgIpc) is 2.68. The monoisotopic (exact) mass is 250 g/mol. The van der Waals surface area contributed by atoms with Gasteiger partial charge in [-0.15, -0.1) is 0 Å². The molecule has 0 aromatic rings. The number of rotatable bonds is 2. The second-order valence-electron chi connectivity index (χ2n) is 4.94. The maximum atomic E-state index is 12.0. The van der Waals surface area contributed by atoms with Crippen molar-refractivity contribution in [3.8, 4) is 0 Å². The van der Waals surface area contributed by atoms with Crippen LogP contribution in [-0.2, 0) is 4.79 Å². The minimum Gasteiger partial charge on any atom is -0.346 e. The molecule has 1 amide bonds. The molecule has 0 bridgehead atoms. The van der Waals surface area contributed by atoms with E-state index >= 15 is 0 Å². The van der Waals surface area contributed by atoms with E-state index in [9.17, 15) is 18.0 Å². The number of fused-ring (bicyclic) bond motifs is 1. The molecule has 0 aromatic heterocycles. The van der Waals surface area contributed by atoms with Crippen molar-refractivity contribution in [1.82, 2.24) is 10.6 Å². The van der Waals surface area contributed by atoms with E-state index in [1.54, 1.807) is 0 Å². The van der Waals surface area contributed by atoms with Gasteiger partial charge in [0.15, 0.2) is 0 Å². The molecule has 1 saturated carbocycles. The first-order chi connectivity index (χ1) is 7.96. The van der Waals surface area contributed by atoms with Crippen LogP contribution < -0.4 is 10.6 Å². The van der Waals surface area contributed by atoms with Crippen molar-refractivity contribution in [1.29, 1.82) is 0 Å². The highest BCUT2D eigenvalue weighted by atomic mass is 19.4. The Bertz CT molecular complexity index is 279. The fraction of sp³-hybridized carbons (Fsp3) is 0.909. The molecular weight excluding hydrogens is 233 g/mol. The largest absolute Gasteiger partial charge is 0.405 e. The van der Waals surface area contributed by atoms with Gasteiger partial charge in [-0.25, -0.2) is 0 Å². The Morgan fingerprint density at radius 1 is 1.29 bits per heavy atom. The standard InChI is InChI=1S/C11H17F3N2O/c12-11(13,14)6-15-10(17)9-5-7-3-1-2-4-8(7)16-9/h7-9,16H,1-6H2,(H,15,17). The van der Waals surface area contributed by atoms with Crippen molar-refractivity contribution in [3.63, 3.8) is 0 Å². The number of hydrogen-bond donors (Lipinski definition) is 2. The van der Waals surface area contributed by atoms with E-state index in [2.05, 4.69) is 5.32 Å². The zero-order valence-corrected chi connectivity index (χ0v) is 9.52. The minimum absolute atomic E-state index is 0.324. The molecule has 2 aliphatic rings. The van der Waals surface area contributed by atoms with Crippen LogP contribution in [0.3, 0.4) is 0 Å². The van der Waals surface area contributed by atoms with Crippen molar-refractivity contribution in [2.24, 2.45) is 5.92 Å². The van der Waals surface area contributed by atoms with Crippen LogP contribution in [0.1, 0.15) is 32.1 Å². The zero-order chi connectivity index (χ0) is 12.5. The average molecular weight is 250 g/mol. The van der Waals surface area contributed by atoms with Crippen LogP contribution in [-0.4, -0.2) is 30.7 Å². The molecule has 1 aliphatic carbocycles. The molecule has 0 spiro atoms. The Morgan fingerprint density at radius 3 is 2.65 bits per heavy atom. The Morgan fingerprint density at radius 2 is 2.00 bits per heavy atom. The third-order valence-corrected chi connectivity index (χ3v) is 3.64. The highest BCUT2D eigenvalue weighted by Crippen LogP contribution is 2.33. The number of amides is 1. The predicted octanol–water partition coefficient (Wildman–Crippen LogP) is 1.59. The van der Waals surface area contributed by atoms with Gasteiger partial charge in [-0.05, 0) is 25.2 Å². The molecule has 3 unspecified atom stereocenters. The van der Waals surface area contributed by atoms with Crippen molar-refractivity contribution >= 4 is 5.91 Å². The molecule has 0 radical (unpaired) electrons. The number of hydrogen-bond acceptors (Lipinski definition) is 2. The lowest BCUT2D eigenvalue weighted by molar-refractivity contribution is -0.139. The van der Waals surface area contributed by atoms with Crippen LogP contribution in [0.4, 0.5) is 13.2 Å². The highest BCUT2D eigenvalue weighted by Gasteiger charge is 2.39. The summed E-state index contributed by atoms with van der Waals surface area (Å²) in [6.07, 6.45) is 0.772. The summed E-state index contributed by atoms with van der Waals surface area (Å²) >= 11 is 0. The molecule has 98 valence electrons. The number of alkyl halides is 3. The smallest absolute Gasteiger partial charge is 0.346 e. The summed E-state index contributed by atoms with van der Waals surface area (Å²) in [5.41, 5.74) is 0. The second kappa shape index (κ2) is 4.84. The Hall–Kier alpha value is -0.780. The molecule has 1 saturated heterocycles. The van der Waals surface area contributed by atoms with Gasteiger partial charge in [0.2, 0.25) is 5.91 Å². The summed E-state index contributed by atoms with van der Waals surface area (Å²) < 4.78 is 35.9. The van der Waals surface area contributed by atoms with E-state index in [0.717, 1.165) is 19.3 Å². The molecule has 3 nitrogen and oxygen atoms in total. The normalized spacial score (nSPS) is 33.2. The van der Waals surface area contributed by atoms with E-state index in [4.69, 9.17) is 0 Å². The first-order valence-electron chi connectivity index (χ1n) is 6.06. The molecule has 3 atom stereocenters. The van der Waals surface area contributed by atoms with E-state index in [0.29, 0.717) is 18.4 Å². The molecular formula is C11H17F3N2O. The number of halogens is 3. The van der Waals surface area contributed by atoms with Crippen molar-refractivity contribution in [3.05, 3.63) is 0 Å². The van der Waals surface area contributed by atoms with Crippen molar-refractivity contribution in [2.75, 3.05) is 6.54 Å². The third-order valence-electron chi connectivity index (χ3n) is 3.64. The zero-order valence-electron chi connectivity index (χ0n) is 9.52. The summed E-state index contributed by atoms with van der Waals surface area (Å²) in [6, 6.07) is -0.115. The van der Waals surface area contributed by atoms with Gasteiger partial charge in [-0.1, -0.05) is 12.8 Å². The third kappa shape index (κ3) is 3.34. The van der Waals surface area contributed by atoms with Crippen LogP contribution in [0, 0.1) is 5.92 Å². The first kappa shape index (κ1) is 12.7. The maximum absolute atomic E-state index is 12.0. The van der Waals surface area contributed by atoms with Gasteiger partial charge in [0, 0.05) is 6.04 Å². The van der Waals surface area contributed by atoms with Gasteiger partial charge in [0.1, 0.15) is 6.54 Å². The summed E-state index contributed by atoms with van der Waals surface area (Å²) in [5, 5.41) is 5.10. The minimum atomic E-state index is -4.33. The van der Waals surface area contributed by atoms with E-state index < -0.39 is 24.7 Å². The summed E-state index contributed by atoms with van der Waals surface area (Å²) in [7, 11) is 0. The maximum Gasteiger partial charge on any atom is 0.405 e. The second-order valence-corrected chi connectivity index (χ2v) is 4.94. The molecule has 0 aromatic carbocycles. The summed E-state index contributed by atoms with van der Waals surface area (Å²) in [5.74, 6) is -0.0536. The van der Waals surface area contributed by atoms with E-state index in [1.807, 2.05) is 5.32 Å². The lowest BCUT2D eigenvalue weighted by Gasteiger charge is -2.24. The van der Waals surface area contributed by atoms with Gasteiger partial charge in [0.05, 0.1) is 6.04 Å². The molecule has 2 rings (SSSR count). The van der Waals surface area contributed by atoms with Crippen LogP contribution in [0.2, 0.25) is 0 Å². The van der Waals surface area contributed by atoms with Gasteiger partial charge < -0.3 is 10.6 Å². The molecule has 2 fully saturated rings. The fourth-order valence-corrected chi connectivity index (χ4v) is 2.83. The molecule has 1 aliphatic heterocycles. The van der Waals surface area contributed by atoms with Crippen LogP contribution in [0.5, 0.6) is 0 Å². The number of carbonyl (C=O) groups is 1. The number of carbonyl (C=O) groups excluding carboxylic acids is 1. The summed E-state index contributed by atoms with van der Waals surface area (Å²) in [6.45, 7) is -1.24. The summed E-state index contributed by atoms with van der Waals surface area (Å²) in [4.78, 5) is 11.6. The lowest BCUT2D eigenvalue weighted by Crippen LogP contribution is -2.45. The first-order valence-corrected chi connectivity index (χ1v) is 6.06. The van der Waals surface area contributed by atoms with Gasteiger partial charge in [0.25, 0.3) is 0 Å². The van der Waals surface area contributed by atoms with Crippen molar-refractivity contribution in [2.45, 2.75) is 50.4 Å². The number of nitrogens with one attached hydrogen (secondary N) is 2. The predicted molar refractivity (Wildman–Crippen MR) is 56.4 cm³/mol. The SMILES string of the molecule is O=C(NCC(F)(F)F)C1CC2CCCCC2N1. The Kier molecular flexibility index (Phi) is 3.61. The quantitative estimate of drug-likeness (QED) is 0.781. The molecule has 1 heterocycles. The molecule has 6 heteroatoms. The van der Waals surface area contributed by atoms with Crippen LogP contribution in [0.25, 0.3) is 0 Å². The fourth-order valence-electron chi connectivity index (χ4n) is 2.83. The lowest BCUT2D eigenvalue weighted by atomic mass is 9.85. The Labute approximate surface area is 98.1 Å². The van der Waals surface area contributed by atoms with Crippen molar-refractivity contribution < 1.29 is 18.0 Å². The van der Waals surface area contributed by atoms with Crippen LogP contribution in [0.15, 0.2) is 0 Å². The topological polar surface area (TPSA) is 41.1 Å². The van der Waals surface area contributed by atoms with Gasteiger partial charge >= 0.3 is 6.18 Å².